The Morgan fingerprint density at radius 3 is 2.58 bits per heavy atom. The van der Waals surface area contributed by atoms with Gasteiger partial charge in [-0.1, -0.05) is 24.3 Å². The molecular weight excluding hydrogens is 283 g/mol. The van der Waals surface area contributed by atoms with Gasteiger partial charge >= 0.3 is 0 Å². The first-order valence-electron chi connectivity index (χ1n) is 5.80. The largest absolute Gasteiger partial charge is 0.224 e. The zero-order valence-electron chi connectivity index (χ0n) is 9.91. The van der Waals surface area contributed by atoms with Gasteiger partial charge in [0.2, 0.25) is 0 Å². The van der Waals surface area contributed by atoms with Crippen molar-refractivity contribution in [3.8, 4) is 0 Å². The molecule has 0 fully saturated rings. The number of rotatable bonds is 2. The molecular formula is C14H11FO2S2. The van der Waals surface area contributed by atoms with Crippen LogP contribution in [-0.2, 0) is 9.84 Å². The molecule has 0 amide bonds. The van der Waals surface area contributed by atoms with E-state index in [0.717, 1.165) is 11.0 Å². The zero-order valence-corrected chi connectivity index (χ0v) is 11.5. The number of hydrogen-bond donors (Lipinski definition) is 0. The normalized spacial score (nSPS) is 20.2. The van der Waals surface area contributed by atoms with Crippen LogP contribution in [0.3, 0.4) is 0 Å². The van der Waals surface area contributed by atoms with Crippen molar-refractivity contribution in [3.05, 3.63) is 59.9 Å². The SMILES string of the molecule is O=S1(=O)CC(Sc2ccccc2)c2ccc(F)cc21. The van der Waals surface area contributed by atoms with Crippen molar-refractivity contribution in [3.63, 3.8) is 0 Å². The van der Waals surface area contributed by atoms with Gasteiger partial charge in [-0.2, -0.15) is 0 Å². The molecule has 0 saturated carbocycles. The lowest BCUT2D eigenvalue weighted by molar-refractivity contribution is 0.595. The number of sulfone groups is 1. The Kier molecular flexibility index (Phi) is 3.11. The predicted molar refractivity (Wildman–Crippen MR) is 73.5 cm³/mol. The van der Waals surface area contributed by atoms with Crippen molar-refractivity contribution in [2.75, 3.05) is 5.75 Å². The number of fused-ring (bicyclic) bond motifs is 1. The Morgan fingerprint density at radius 1 is 1.11 bits per heavy atom. The highest BCUT2D eigenvalue weighted by atomic mass is 32.2. The Labute approximate surface area is 115 Å². The number of thioether (sulfide) groups is 1. The molecule has 1 aliphatic heterocycles. The van der Waals surface area contributed by atoms with Crippen LogP contribution in [-0.4, -0.2) is 14.2 Å². The van der Waals surface area contributed by atoms with Gasteiger partial charge < -0.3 is 0 Å². The summed E-state index contributed by atoms with van der Waals surface area (Å²) < 4.78 is 37.2. The molecule has 19 heavy (non-hydrogen) atoms. The quantitative estimate of drug-likeness (QED) is 0.851. The summed E-state index contributed by atoms with van der Waals surface area (Å²) in [5, 5.41) is -0.164. The van der Waals surface area contributed by atoms with Crippen molar-refractivity contribution in [1.29, 1.82) is 0 Å². The van der Waals surface area contributed by atoms with Gasteiger partial charge in [-0.15, -0.1) is 11.8 Å². The summed E-state index contributed by atoms with van der Waals surface area (Å²) >= 11 is 1.50. The van der Waals surface area contributed by atoms with Gasteiger partial charge in [-0.05, 0) is 29.8 Å². The van der Waals surface area contributed by atoms with Gasteiger partial charge in [-0.3, -0.25) is 0 Å². The molecule has 1 heterocycles. The van der Waals surface area contributed by atoms with Crippen LogP contribution in [0.25, 0.3) is 0 Å². The van der Waals surface area contributed by atoms with Crippen molar-refractivity contribution in [2.45, 2.75) is 15.0 Å². The van der Waals surface area contributed by atoms with E-state index >= 15 is 0 Å². The lowest BCUT2D eigenvalue weighted by Gasteiger charge is -2.09. The minimum atomic E-state index is -3.36. The second-order valence-corrected chi connectivity index (χ2v) is 7.66. The van der Waals surface area contributed by atoms with Crippen LogP contribution >= 0.6 is 11.8 Å². The van der Waals surface area contributed by atoms with E-state index in [4.69, 9.17) is 0 Å². The van der Waals surface area contributed by atoms with Crippen LogP contribution in [0.15, 0.2) is 58.3 Å². The van der Waals surface area contributed by atoms with Gasteiger partial charge in [0.15, 0.2) is 9.84 Å². The van der Waals surface area contributed by atoms with E-state index in [2.05, 4.69) is 0 Å². The lowest BCUT2D eigenvalue weighted by Crippen LogP contribution is -2.01. The maximum atomic E-state index is 13.2. The van der Waals surface area contributed by atoms with Crippen molar-refractivity contribution in [2.24, 2.45) is 0 Å². The molecule has 1 unspecified atom stereocenters. The molecule has 5 heteroatoms. The van der Waals surface area contributed by atoms with E-state index in [0.29, 0.717) is 5.56 Å². The highest BCUT2D eigenvalue weighted by Gasteiger charge is 2.35. The second-order valence-electron chi connectivity index (χ2n) is 4.38. The fraction of sp³-hybridized carbons (Fsp3) is 0.143. The van der Waals surface area contributed by atoms with E-state index in [1.165, 1.54) is 17.8 Å². The molecule has 0 spiro atoms. The summed E-state index contributed by atoms with van der Waals surface area (Å²) in [6, 6.07) is 13.6. The molecule has 2 aromatic rings. The first-order valence-corrected chi connectivity index (χ1v) is 8.33. The minimum Gasteiger partial charge on any atom is -0.224 e. The van der Waals surface area contributed by atoms with Gasteiger partial charge in [-0.25, -0.2) is 12.8 Å². The molecule has 0 radical (unpaired) electrons. The van der Waals surface area contributed by atoms with E-state index in [9.17, 15) is 12.8 Å². The van der Waals surface area contributed by atoms with Crippen molar-refractivity contribution in [1.82, 2.24) is 0 Å². The molecule has 0 aromatic heterocycles. The fourth-order valence-corrected chi connectivity index (χ4v) is 5.66. The van der Waals surface area contributed by atoms with Crippen LogP contribution < -0.4 is 0 Å². The zero-order chi connectivity index (χ0) is 13.5. The van der Waals surface area contributed by atoms with Crippen LogP contribution in [0.1, 0.15) is 10.8 Å². The Bertz CT molecular complexity index is 711. The standard InChI is InChI=1S/C14H11FO2S2/c15-10-6-7-12-13(9-19(16,17)14(12)8-10)18-11-4-2-1-3-5-11/h1-8,13H,9H2. The summed E-state index contributed by atoms with van der Waals surface area (Å²) in [6.45, 7) is 0. The highest BCUT2D eigenvalue weighted by molar-refractivity contribution is 8.01. The minimum absolute atomic E-state index is 0.0331. The second kappa shape index (κ2) is 4.65. The van der Waals surface area contributed by atoms with Gasteiger partial charge in [0.25, 0.3) is 0 Å². The van der Waals surface area contributed by atoms with E-state index < -0.39 is 15.7 Å². The van der Waals surface area contributed by atoms with Crippen LogP contribution in [0.4, 0.5) is 4.39 Å². The molecule has 2 nitrogen and oxygen atoms in total. The van der Waals surface area contributed by atoms with E-state index in [1.807, 2.05) is 30.3 Å². The van der Waals surface area contributed by atoms with Gasteiger partial charge in [0, 0.05) is 4.90 Å². The maximum absolute atomic E-state index is 13.2. The molecule has 1 aliphatic rings. The molecule has 2 aromatic carbocycles. The molecule has 98 valence electrons. The smallest absolute Gasteiger partial charge is 0.180 e. The summed E-state index contributed by atoms with van der Waals surface area (Å²) in [6.07, 6.45) is 0. The molecule has 0 saturated heterocycles. The van der Waals surface area contributed by atoms with Crippen LogP contribution in [0.5, 0.6) is 0 Å². The van der Waals surface area contributed by atoms with Gasteiger partial charge in [0.1, 0.15) is 5.82 Å². The molecule has 0 N–H and O–H groups in total. The number of hydrogen-bond acceptors (Lipinski definition) is 3. The predicted octanol–water partition coefficient (Wildman–Crippen LogP) is 3.45. The lowest BCUT2D eigenvalue weighted by atomic mass is 10.2. The number of halogens is 1. The monoisotopic (exact) mass is 294 g/mol. The molecule has 3 rings (SSSR count). The average molecular weight is 294 g/mol. The third-order valence-corrected chi connectivity index (χ3v) is 6.31. The maximum Gasteiger partial charge on any atom is 0.180 e. The highest BCUT2D eigenvalue weighted by Crippen LogP contribution is 2.44. The Balaban J connectivity index is 1.99. The topological polar surface area (TPSA) is 34.1 Å². The van der Waals surface area contributed by atoms with Crippen molar-refractivity contribution < 1.29 is 12.8 Å². The average Bonchev–Trinajstić information content (AvgIpc) is 2.62. The summed E-state index contributed by atoms with van der Waals surface area (Å²) in [7, 11) is -3.36. The van der Waals surface area contributed by atoms with Gasteiger partial charge in [0.05, 0.1) is 15.9 Å². The van der Waals surface area contributed by atoms with Crippen LogP contribution in [0.2, 0.25) is 0 Å². The van der Waals surface area contributed by atoms with E-state index in [1.54, 1.807) is 6.07 Å². The third kappa shape index (κ3) is 2.40. The first kappa shape index (κ1) is 12.7. The van der Waals surface area contributed by atoms with E-state index in [-0.39, 0.29) is 15.9 Å². The molecule has 1 atom stereocenters. The fourth-order valence-electron chi connectivity index (χ4n) is 2.18. The van der Waals surface area contributed by atoms with Crippen molar-refractivity contribution >= 4 is 21.6 Å². The van der Waals surface area contributed by atoms with Crippen LogP contribution in [0, 0.1) is 5.82 Å². The number of benzene rings is 2. The Morgan fingerprint density at radius 2 is 1.84 bits per heavy atom. The molecule has 0 aliphatic carbocycles. The summed E-state index contributed by atoms with van der Waals surface area (Å²) in [5.74, 6) is -0.474. The summed E-state index contributed by atoms with van der Waals surface area (Å²) in [4.78, 5) is 1.15. The molecule has 0 bridgehead atoms. The summed E-state index contributed by atoms with van der Waals surface area (Å²) in [5.41, 5.74) is 0.704. The first-order chi connectivity index (χ1) is 9.06. The Hall–Kier alpha value is -1.33. The third-order valence-electron chi connectivity index (χ3n) is 3.05.